The first-order valence-corrected chi connectivity index (χ1v) is 10.1. The minimum absolute atomic E-state index is 0.0520. The zero-order valence-corrected chi connectivity index (χ0v) is 16.6. The summed E-state index contributed by atoms with van der Waals surface area (Å²) in [6.45, 7) is 0. The number of ether oxygens (including phenoxy) is 1. The Balaban J connectivity index is 1.43. The molecule has 1 aliphatic carbocycles. The van der Waals surface area contributed by atoms with Crippen molar-refractivity contribution in [1.29, 1.82) is 0 Å². The van der Waals surface area contributed by atoms with Crippen molar-refractivity contribution >= 4 is 29.0 Å². The zero-order chi connectivity index (χ0) is 20.2. The van der Waals surface area contributed by atoms with Crippen LogP contribution in [0.5, 0.6) is 0 Å². The van der Waals surface area contributed by atoms with Gasteiger partial charge in [-0.25, -0.2) is 4.79 Å². The number of methoxy groups -OCH3 is 1. The van der Waals surface area contributed by atoms with Gasteiger partial charge in [0, 0.05) is 22.0 Å². The smallest absolute Gasteiger partial charge is 0.319 e. The van der Waals surface area contributed by atoms with E-state index in [1.54, 1.807) is 18.2 Å². The Morgan fingerprint density at radius 2 is 2.17 bits per heavy atom. The highest BCUT2D eigenvalue weighted by Crippen LogP contribution is 2.39. The molecule has 29 heavy (non-hydrogen) atoms. The number of nitrogens with one attached hydrogen (secondary N) is 2. The van der Waals surface area contributed by atoms with Crippen molar-refractivity contribution in [2.45, 2.75) is 31.2 Å². The van der Waals surface area contributed by atoms with Crippen LogP contribution in [0.2, 0.25) is 0 Å². The molecule has 3 aromatic rings. The van der Waals surface area contributed by atoms with Crippen molar-refractivity contribution in [3.8, 4) is 11.5 Å². The molecule has 4 rings (SSSR count). The first-order valence-electron chi connectivity index (χ1n) is 9.24. The van der Waals surface area contributed by atoms with Gasteiger partial charge in [0.1, 0.15) is 0 Å². The normalized spacial score (nSPS) is 14.2. The van der Waals surface area contributed by atoms with Crippen LogP contribution in [0.15, 0.2) is 46.3 Å². The average molecular weight is 412 g/mol. The lowest BCUT2D eigenvalue weighted by Gasteiger charge is -2.17. The molecule has 1 unspecified atom stereocenters. The van der Waals surface area contributed by atoms with Crippen LogP contribution in [0.3, 0.4) is 0 Å². The Hall–Kier alpha value is -3.20. The summed E-state index contributed by atoms with van der Waals surface area (Å²) in [6, 6.07) is 10.0. The fourth-order valence-electron chi connectivity index (χ4n) is 2.88. The zero-order valence-electron chi connectivity index (χ0n) is 15.8. The maximum atomic E-state index is 12.5. The van der Waals surface area contributed by atoms with Gasteiger partial charge in [0.05, 0.1) is 19.6 Å². The second kappa shape index (κ2) is 8.44. The van der Waals surface area contributed by atoms with E-state index in [2.05, 4.69) is 20.8 Å². The number of aromatic nitrogens is 2. The third-order valence-electron chi connectivity index (χ3n) is 4.54. The molecule has 2 amide bonds. The number of carbonyl (C=O) groups excluding carboxylic acids is 2. The predicted molar refractivity (Wildman–Crippen MR) is 108 cm³/mol. The van der Waals surface area contributed by atoms with Gasteiger partial charge in [-0.15, -0.1) is 11.3 Å². The average Bonchev–Trinajstić information content (AvgIpc) is 3.21. The van der Waals surface area contributed by atoms with Crippen LogP contribution in [0.4, 0.5) is 10.5 Å². The number of amides is 2. The minimum atomic E-state index is -0.470. The van der Waals surface area contributed by atoms with E-state index in [1.807, 2.05) is 23.6 Å². The molecule has 2 N–H and O–H groups in total. The third-order valence-corrected chi connectivity index (χ3v) is 5.53. The summed E-state index contributed by atoms with van der Waals surface area (Å²) in [5, 5.41) is 11.5. The van der Waals surface area contributed by atoms with E-state index in [0.717, 1.165) is 29.1 Å². The molecule has 2 heterocycles. The molecular formula is C20H20N4O4S. The van der Waals surface area contributed by atoms with E-state index in [4.69, 9.17) is 9.26 Å². The second-order valence-electron chi connectivity index (χ2n) is 6.76. The van der Waals surface area contributed by atoms with Crippen LogP contribution < -0.4 is 10.6 Å². The number of benzene rings is 1. The van der Waals surface area contributed by atoms with Crippen molar-refractivity contribution in [3.63, 3.8) is 0 Å². The monoisotopic (exact) mass is 412 g/mol. The van der Waals surface area contributed by atoms with E-state index >= 15 is 0 Å². The van der Waals surface area contributed by atoms with E-state index in [9.17, 15) is 9.59 Å². The van der Waals surface area contributed by atoms with Crippen molar-refractivity contribution < 1.29 is 18.8 Å². The van der Waals surface area contributed by atoms with Crippen LogP contribution in [0.1, 0.15) is 41.9 Å². The number of nitrogens with zero attached hydrogens (tertiary/aromatic N) is 2. The number of urea groups is 1. The Bertz CT molecular complexity index is 998. The molecule has 0 spiro atoms. The number of thiophene rings is 1. The van der Waals surface area contributed by atoms with Crippen molar-refractivity contribution in [3.05, 3.63) is 52.5 Å². The summed E-state index contributed by atoms with van der Waals surface area (Å²) in [5.74, 6) is 1.17. The van der Waals surface area contributed by atoms with Crippen molar-refractivity contribution in [2.24, 2.45) is 0 Å². The van der Waals surface area contributed by atoms with Gasteiger partial charge >= 0.3 is 12.0 Å². The van der Waals surface area contributed by atoms with Crippen molar-refractivity contribution in [2.75, 3.05) is 12.4 Å². The number of rotatable bonds is 7. The predicted octanol–water partition coefficient (Wildman–Crippen LogP) is 4.10. The molecule has 9 heteroatoms. The molecule has 1 aromatic carbocycles. The molecule has 1 saturated carbocycles. The highest BCUT2D eigenvalue weighted by molar-refractivity contribution is 7.10. The fraction of sp³-hybridized carbons (Fsp3) is 0.300. The lowest BCUT2D eigenvalue weighted by molar-refractivity contribution is -0.141. The number of hydrogen-bond acceptors (Lipinski definition) is 7. The Morgan fingerprint density at radius 1 is 1.31 bits per heavy atom. The second-order valence-corrected chi connectivity index (χ2v) is 7.74. The molecule has 0 bridgehead atoms. The molecule has 0 saturated heterocycles. The van der Waals surface area contributed by atoms with Gasteiger partial charge in [-0.05, 0) is 42.5 Å². The Kier molecular flexibility index (Phi) is 5.57. The molecule has 0 aliphatic heterocycles. The molecule has 1 fully saturated rings. The van der Waals surface area contributed by atoms with Gasteiger partial charge in [0.2, 0.25) is 0 Å². The van der Waals surface area contributed by atoms with E-state index in [0.29, 0.717) is 17.5 Å². The summed E-state index contributed by atoms with van der Waals surface area (Å²) in [6.07, 6.45) is 2.24. The van der Waals surface area contributed by atoms with E-state index in [1.165, 1.54) is 18.4 Å². The SMILES string of the molecule is COC(=O)CC(NC(=O)Nc1cccc(-c2nc(C3CC3)no2)c1)c1cccs1. The summed E-state index contributed by atoms with van der Waals surface area (Å²) in [5.41, 5.74) is 1.31. The lowest BCUT2D eigenvalue weighted by Crippen LogP contribution is -2.33. The van der Waals surface area contributed by atoms with E-state index < -0.39 is 18.0 Å². The Labute approximate surface area is 171 Å². The number of hydrogen-bond donors (Lipinski definition) is 2. The molecule has 2 aromatic heterocycles. The summed E-state index contributed by atoms with van der Waals surface area (Å²) in [4.78, 5) is 29.5. The van der Waals surface area contributed by atoms with Crippen LogP contribution in [0, 0.1) is 0 Å². The highest BCUT2D eigenvalue weighted by Gasteiger charge is 2.29. The van der Waals surface area contributed by atoms with Gasteiger partial charge in [-0.3, -0.25) is 4.79 Å². The Morgan fingerprint density at radius 3 is 2.90 bits per heavy atom. The maximum Gasteiger partial charge on any atom is 0.319 e. The van der Waals surface area contributed by atoms with Gasteiger partial charge in [-0.1, -0.05) is 17.3 Å². The van der Waals surface area contributed by atoms with E-state index in [-0.39, 0.29) is 6.42 Å². The number of carbonyl (C=O) groups is 2. The highest BCUT2D eigenvalue weighted by atomic mass is 32.1. The summed E-state index contributed by atoms with van der Waals surface area (Å²) in [7, 11) is 1.32. The first kappa shape index (κ1) is 19.1. The van der Waals surface area contributed by atoms with Crippen molar-refractivity contribution in [1.82, 2.24) is 15.5 Å². The van der Waals surface area contributed by atoms with Crippen LogP contribution in [-0.4, -0.2) is 29.3 Å². The molecule has 8 nitrogen and oxygen atoms in total. The number of esters is 1. The summed E-state index contributed by atoms with van der Waals surface area (Å²) < 4.78 is 10.1. The molecule has 0 radical (unpaired) electrons. The largest absolute Gasteiger partial charge is 0.469 e. The molecule has 150 valence electrons. The third kappa shape index (κ3) is 4.80. The molecule has 1 aliphatic rings. The van der Waals surface area contributed by atoms with Gasteiger partial charge < -0.3 is 19.9 Å². The van der Waals surface area contributed by atoms with Gasteiger partial charge in [0.25, 0.3) is 5.89 Å². The quantitative estimate of drug-likeness (QED) is 0.566. The first-order chi connectivity index (χ1) is 14.1. The fourth-order valence-corrected chi connectivity index (χ4v) is 3.66. The standard InChI is InChI=1S/C20H20N4O4S/c1-27-17(25)11-15(16-6-3-9-29-16)22-20(26)21-14-5-2-4-13(10-14)19-23-18(24-28-19)12-7-8-12/h2-6,9-10,12,15H,7-8,11H2,1H3,(H2,21,22,26). The topological polar surface area (TPSA) is 106 Å². The van der Waals surface area contributed by atoms with Gasteiger partial charge in [-0.2, -0.15) is 4.98 Å². The maximum absolute atomic E-state index is 12.5. The summed E-state index contributed by atoms with van der Waals surface area (Å²) >= 11 is 1.46. The van der Waals surface area contributed by atoms with Crippen LogP contribution in [0.25, 0.3) is 11.5 Å². The van der Waals surface area contributed by atoms with Gasteiger partial charge in [0.15, 0.2) is 5.82 Å². The lowest BCUT2D eigenvalue weighted by atomic mass is 10.1. The van der Waals surface area contributed by atoms with Crippen LogP contribution in [-0.2, 0) is 9.53 Å². The van der Waals surface area contributed by atoms with Crippen LogP contribution >= 0.6 is 11.3 Å². The minimum Gasteiger partial charge on any atom is -0.469 e. The molecule has 1 atom stereocenters. The molecular weight excluding hydrogens is 392 g/mol. The number of anilines is 1.